The Balaban J connectivity index is 3.35. The molecule has 0 aliphatic heterocycles. The zero-order valence-electron chi connectivity index (χ0n) is 6.08. The van der Waals surface area contributed by atoms with E-state index in [1.165, 1.54) is 0 Å². The van der Waals surface area contributed by atoms with Gasteiger partial charge in [-0.25, -0.2) is 0 Å². The number of rotatable bonds is 2. The van der Waals surface area contributed by atoms with Crippen molar-refractivity contribution < 1.29 is 9.85 Å². The predicted molar refractivity (Wildman–Crippen MR) is 39.8 cm³/mol. The highest BCUT2D eigenvalue weighted by Crippen LogP contribution is 2.22. The second-order valence-electron chi connectivity index (χ2n) is 1.95. The molecular weight excluding hydrogens is 182 g/mol. The first-order chi connectivity index (χ1) is 6.02. The summed E-state index contributed by atoms with van der Waals surface area (Å²) in [5, 5.41) is 20.5. The molecule has 0 unspecified atom stereocenters. The minimum atomic E-state index is -0.990. The minimum absolute atomic E-state index is 0.377. The number of nitrogen functional groups attached to an aromatic ring is 1. The van der Waals surface area contributed by atoms with Gasteiger partial charge in [-0.3, -0.25) is 10.1 Å². The summed E-state index contributed by atoms with van der Waals surface area (Å²) >= 11 is 0. The van der Waals surface area contributed by atoms with Gasteiger partial charge in [0.15, 0.2) is 0 Å². The monoisotopic (exact) mass is 185 g/mol. The summed E-state index contributed by atoms with van der Waals surface area (Å²) in [5.41, 5.74) is 4.24. The first-order valence-corrected chi connectivity index (χ1v) is 2.93. The summed E-state index contributed by atoms with van der Waals surface area (Å²) in [4.78, 5) is 24.9. The van der Waals surface area contributed by atoms with E-state index in [9.17, 15) is 20.2 Å². The molecular formula is C4H3N5O4. The van der Waals surface area contributed by atoms with Gasteiger partial charge in [-0.1, -0.05) is 0 Å². The Bertz CT molecular complexity index is 377. The van der Waals surface area contributed by atoms with Crippen LogP contribution in [0.25, 0.3) is 0 Å². The van der Waals surface area contributed by atoms with E-state index in [1.807, 2.05) is 0 Å². The van der Waals surface area contributed by atoms with E-state index in [2.05, 4.69) is 9.97 Å². The molecule has 0 saturated carbocycles. The van der Waals surface area contributed by atoms with Gasteiger partial charge in [0.1, 0.15) is 6.20 Å². The summed E-state index contributed by atoms with van der Waals surface area (Å²) in [6, 6.07) is 0. The highest BCUT2D eigenvalue weighted by atomic mass is 16.6. The van der Waals surface area contributed by atoms with Crippen molar-refractivity contribution in [2.75, 3.05) is 5.73 Å². The average Bonchev–Trinajstić information content (AvgIpc) is 2.03. The quantitative estimate of drug-likeness (QED) is 0.500. The third-order valence-electron chi connectivity index (χ3n) is 1.14. The molecule has 0 fully saturated rings. The van der Waals surface area contributed by atoms with E-state index < -0.39 is 21.4 Å². The Morgan fingerprint density at radius 2 is 1.92 bits per heavy atom. The number of hydrogen-bond acceptors (Lipinski definition) is 7. The van der Waals surface area contributed by atoms with Gasteiger partial charge in [0.2, 0.25) is 0 Å². The molecule has 0 saturated heterocycles. The van der Waals surface area contributed by atoms with E-state index in [0.29, 0.717) is 6.20 Å². The molecule has 0 aliphatic carbocycles. The number of nitrogens with zero attached hydrogens (tertiary/aromatic N) is 4. The summed E-state index contributed by atoms with van der Waals surface area (Å²) in [7, 11) is 0. The highest BCUT2D eigenvalue weighted by Gasteiger charge is 2.27. The standard InChI is InChI=1S/C4H3N5O4/c5-4-6-1-2(8(10)11)3(7-4)9(12)13/h1H,(H2,5,6,7). The number of nitrogens with two attached hydrogens (primary N) is 1. The molecule has 1 aromatic rings. The fourth-order valence-corrected chi connectivity index (χ4v) is 0.643. The molecule has 0 atom stereocenters. The maximum absolute atomic E-state index is 10.2. The lowest BCUT2D eigenvalue weighted by molar-refractivity contribution is -0.425. The highest BCUT2D eigenvalue weighted by molar-refractivity contribution is 5.46. The van der Waals surface area contributed by atoms with Crippen LogP contribution in [0, 0.1) is 20.2 Å². The first kappa shape index (κ1) is 8.77. The Morgan fingerprint density at radius 3 is 2.38 bits per heavy atom. The molecule has 0 spiro atoms. The van der Waals surface area contributed by atoms with Crippen LogP contribution in [0.4, 0.5) is 17.5 Å². The lowest BCUT2D eigenvalue weighted by atomic mass is 10.5. The summed E-state index contributed by atoms with van der Waals surface area (Å²) < 4.78 is 0. The lowest BCUT2D eigenvalue weighted by Crippen LogP contribution is -2.03. The van der Waals surface area contributed by atoms with Gasteiger partial charge in [-0.05, 0) is 4.92 Å². The zero-order valence-corrected chi connectivity index (χ0v) is 6.08. The molecule has 2 N–H and O–H groups in total. The van der Waals surface area contributed by atoms with Gasteiger partial charge in [0.25, 0.3) is 0 Å². The maximum Gasteiger partial charge on any atom is 0.447 e. The summed E-state index contributed by atoms with van der Waals surface area (Å²) in [6.07, 6.45) is 0.695. The van der Waals surface area contributed by atoms with Crippen molar-refractivity contribution in [2.24, 2.45) is 0 Å². The normalized spacial score (nSPS) is 9.54. The maximum atomic E-state index is 10.2. The molecule has 0 aromatic carbocycles. The third-order valence-corrected chi connectivity index (χ3v) is 1.14. The van der Waals surface area contributed by atoms with Gasteiger partial charge < -0.3 is 15.8 Å². The largest absolute Gasteiger partial charge is 0.447 e. The van der Waals surface area contributed by atoms with E-state index in [1.54, 1.807) is 0 Å². The van der Waals surface area contributed by atoms with Gasteiger partial charge in [-0.15, -0.1) is 0 Å². The van der Waals surface area contributed by atoms with Gasteiger partial charge >= 0.3 is 17.5 Å². The molecule has 9 nitrogen and oxygen atoms in total. The van der Waals surface area contributed by atoms with Gasteiger partial charge in [0, 0.05) is 4.98 Å². The van der Waals surface area contributed by atoms with Crippen molar-refractivity contribution in [3.63, 3.8) is 0 Å². The number of nitro groups is 2. The Morgan fingerprint density at radius 1 is 1.31 bits per heavy atom. The first-order valence-electron chi connectivity index (χ1n) is 2.93. The number of aromatic nitrogens is 2. The predicted octanol–water partition coefficient (Wildman–Crippen LogP) is -0.125. The Kier molecular flexibility index (Phi) is 2.00. The van der Waals surface area contributed by atoms with Crippen molar-refractivity contribution in [2.45, 2.75) is 0 Å². The van der Waals surface area contributed by atoms with Crippen molar-refractivity contribution in [3.8, 4) is 0 Å². The second kappa shape index (κ2) is 2.97. The van der Waals surface area contributed by atoms with Crippen LogP contribution in [0.2, 0.25) is 0 Å². The molecule has 13 heavy (non-hydrogen) atoms. The smallest absolute Gasteiger partial charge is 0.358 e. The molecule has 0 aliphatic rings. The summed E-state index contributed by atoms with van der Waals surface area (Å²) in [5.74, 6) is -1.28. The van der Waals surface area contributed by atoms with Crippen molar-refractivity contribution >= 4 is 17.5 Å². The Labute approximate surface area is 70.5 Å². The van der Waals surface area contributed by atoms with Crippen molar-refractivity contribution in [1.29, 1.82) is 0 Å². The molecule has 0 amide bonds. The molecule has 1 aromatic heterocycles. The van der Waals surface area contributed by atoms with Crippen molar-refractivity contribution in [1.82, 2.24) is 9.97 Å². The third kappa shape index (κ3) is 1.64. The fraction of sp³-hybridized carbons (Fsp3) is 0. The molecule has 0 radical (unpaired) electrons. The van der Waals surface area contributed by atoms with Crippen LogP contribution >= 0.6 is 0 Å². The average molecular weight is 185 g/mol. The molecule has 1 heterocycles. The second-order valence-corrected chi connectivity index (χ2v) is 1.95. The lowest BCUT2D eigenvalue weighted by Gasteiger charge is -1.93. The zero-order chi connectivity index (χ0) is 10.0. The van der Waals surface area contributed by atoms with Crippen LogP contribution in [0.3, 0.4) is 0 Å². The van der Waals surface area contributed by atoms with Gasteiger partial charge in [0.05, 0.1) is 4.92 Å². The van der Waals surface area contributed by atoms with Crippen LogP contribution in [-0.4, -0.2) is 19.8 Å². The molecule has 0 bridgehead atoms. The van der Waals surface area contributed by atoms with E-state index >= 15 is 0 Å². The number of anilines is 1. The molecule has 9 heteroatoms. The van der Waals surface area contributed by atoms with Crippen LogP contribution < -0.4 is 5.73 Å². The van der Waals surface area contributed by atoms with E-state index in [0.717, 1.165) is 0 Å². The van der Waals surface area contributed by atoms with E-state index in [4.69, 9.17) is 5.73 Å². The number of hydrogen-bond donors (Lipinski definition) is 1. The Hall–Kier alpha value is -2.32. The molecule has 1 rings (SSSR count). The SMILES string of the molecule is Nc1ncc([N+](=O)[O-])c([N+](=O)[O-])n1. The van der Waals surface area contributed by atoms with Crippen molar-refractivity contribution in [3.05, 3.63) is 26.4 Å². The van der Waals surface area contributed by atoms with Crippen LogP contribution in [0.15, 0.2) is 6.20 Å². The van der Waals surface area contributed by atoms with Crippen LogP contribution in [0.1, 0.15) is 0 Å². The van der Waals surface area contributed by atoms with Crippen LogP contribution in [0.5, 0.6) is 0 Å². The fourth-order valence-electron chi connectivity index (χ4n) is 0.643. The van der Waals surface area contributed by atoms with E-state index in [-0.39, 0.29) is 5.95 Å². The van der Waals surface area contributed by atoms with Crippen LogP contribution in [-0.2, 0) is 0 Å². The topological polar surface area (TPSA) is 138 Å². The minimum Gasteiger partial charge on any atom is -0.358 e. The summed E-state index contributed by atoms with van der Waals surface area (Å²) in [6.45, 7) is 0. The van der Waals surface area contributed by atoms with Gasteiger partial charge in [-0.2, -0.15) is 4.98 Å². The molecule has 68 valence electrons.